The highest BCUT2D eigenvalue weighted by Crippen LogP contribution is 2.24. The molecule has 9 heteroatoms. The van der Waals surface area contributed by atoms with Crippen LogP contribution in [-0.4, -0.2) is 20.4 Å². The number of nitrogens with one attached hydrogen (secondary N) is 2. The molecule has 162 valence electrons. The largest absolute Gasteiger partial charge is 0.481 e. The Morgan fingerprint density at radius 1 is 0.968 bits per heavy atom. The number of rotatable bonds is 7. The van der Waals surface area contributed by atoms with Gasteiger partial charge in [-0.25, -0.2) is 8.42 Å². The minimum Gasteiger partial charge on any atom is -0.481 e. The molecule has 0 spiro atoms. The molecule has 31 heavy (non-hydrogen) atoms. The Balaban J connectivity index is 1.66. The summed E-state index contributed by atoms with van der Waals surface area (Å²) in [5, 5.41) is 3.62. The summed E-state index contributed by atoms with van der Waals surface area (Å²) in [5.41, 5.74) is 1.58. The van der Waals surface area contributed by atoms with Gasteiger partial charge < -0.3 is 10.1 Å². The second-order valence-electron chi connectivity index (χ2n) is 6.80. The SMILES string of the molecule is Cc1ccc(Cl)cc1NS(=O)(=O)c1ccc(NC(=O)[C@H](C)Oc2cccc(Cl)c2)cc1. The van der Waals surface area contributed by atoms with Crippen LogP contribution >= 0.6 is 23.2 Å². The zero-order valence-corrected chi connectivity index (χ0v) is 19.1. The third-order valence-corrected chi connectivity index (χ3v) is 6.21. The predicted octanol–water partition coefficient (Wildman–Crippen LogP) is 5.51. The molecular formula is C22H20Cl2N2O4S. The van der Waals surface area contributed by atoms with Gasteiger partial charge in [0.05, 0.1) is 10.6 Å². The van der Waals surface area contributed by atoms with E-state index in [0.29, 0.717) is 27.2 Å². The molecule has 1 atom stereocenters. The molecule has 0 bridgehead atoms. The van der Waals surface area contributed by atoms with Crippen molar-refractivity contribution in [1.29, 1.82) is 0 Å². The number of ether oxygens (including phenoxy) is 1. The molecule has 0 aliphatic heterocycles. The maximum absolute atomic E-state index is 12.7. The van der Waals surface area contributed by atoms with Crippen molar-refractivity contribution in [2.75, 3.05) is 10.0 Å². The zero-order chi connectivity index (χ0) is 22.6. The van der Waals surface area contributed by atoms with Crippen molar-refractivity contribution in [3.05, 3.63) is 82.3 Å². The van der Waals surface area contributed by atoms with Crippen LogP contribution < -0.4 is 14.8 Å². The molecule has 0 aliphatic rings. The first-order valence-electron chi connectivity index (χ1n) is 9.26. The van der Waals surface area contributed by atoms with Crippen LogP contribution in [-0.2, 0) is 14.8 Å². The Bertz CT molecular complexity index is 1200. The number of hydrogen-bond donors (Lipinski definition) is 2. The number of benzene rings is 3. The third kappa shape index (κ3) is 6.13. The number of hydrogen-bond acceptors (Lipinski definition) is 4. The van der Waals surface area contributed by atoms with Gasteiger partial charge in [0.15, 0.2) is 6.10 Å². The molecule has 1 amide bonds. The summed E-state index contributed by atoms with van der Waals surface area (Å²) in [6.07, 6.45) is -0.783. The van der Waals surface area contributed by atoms with Crippen molar-refractivity contribution < 1.29 is 17.9 Å². The quantitative estimate of drug-likeness (QED) is 0.468. The van der Waals surface area contributed by atoms with Crippen LogP contribution in [0.3, 0.4) is 0 Å². The van der Waals surface area contributed by atoms with Crippen LogP contribution in [0.5, 0.6) is 5.75 Å². The summed E-state index contributed by atoms with van der Waals surface area (Å²) in [7, 11) is -3.82. The second-order valence-corrected chi connectivity index (χ2v) is 9.35. The lowest BCUT2D eigenvalue weighted by Crippen LogP contribution is -2.30. The minimum absolute atomic E-state index is 0.0492. The van der Waals surface area contributed by atoms with Gasteiger partial charge in [-0.1, -0.05) is 35.3 Å². The molecule has 6 nitrogen and oxygen atoms in total. The summed E-state index contributed by atoms with van der Waals surface area (Å²) in [4.78, 5) is 12.4. The van der Waals surface area contributed by atoms with Crippen molar-refractivity contribution in [3.63, 3.8) is 0 Å². The number of anilines is 2. The first-order valence-corrected chi connectivity index (χ1v) is 11.5. The number of halogens is 2. The van der Waals surface area contributed by atoms with E-state index >= 15 is 0 Å². The van der Waals surface area contributed by atoms with Gasteiger partial charge in [0.25, 0.3) is 15.9 Å². The van der Waals surface area contributed by atoms with Crippen molar-refractivity contribution in [2.24, 2.45) is 0 Å². The molecule has 0 aliphatic carbocycles. The highest BCUT2D eigenvalue weighted by molar-refractivity contribution is 7.92. The standard InChI is InChI=1S/C22H20Cl2N2O4S/c1-14-6-7-17(24)13-21(14)26-31(28,29)20-10-8-18(9-11-20)25-22(27)15(2)30-19-5-3-4-16(23)12-19/h3-13,15,26H,1-2H3,(H,25,27)/t15-/m0/s1. The summed E-state index contributed by atoms with van der Waals surface area (Å²) in [6, 6.07) is 17.5. The van der Waals surface area contributed by atoms with E-state index in [1.54, 1.807) is 56.3 Å². The van der Waals surface area contributed by atoms with Gasteiger partial charge in [0.2, 0.25) is 0 Å². The van der Waals surface area contributed by atoms with Crippen molar-refractivity contribution in [1.82, 2.24) is 0 Å². The number of carbonyl (C=O) groups excluding carboxylic acids is 1. The molecule has 3 rings (SSSR count). The van der Waals surface area contributed by atoms with Crippen LogP contribution in [0, 0.1) is 6.92 Å². The van der Waals surface area contributed by atoms with Crippen molar-refractivity contribution >= 4 is 50.5 Å². The number of aryl methyl sites for hydroxylation is 1. The van der Waals surface area contributed by atoms with Gasteiger partial charge in [0, 0.05) is 15.7 Å². The average molecular weight is 479 g/mol. The number of sulfonamides is 1. The Morgan fingerprint density at radius 2 is 1.65 bits per heavy atom. The molecule has 0 aromatic heterocycles. The zero-order valence-electron chi connectivity index (χ0n) is 16.7. The van der Waals surface area contributed by atoms with Crippen LogP contribution in [0.2, 0.25) is 10.0 Å². The topological polar surface area (TPSA) is 84.5 Å². The van der Waals surface area contributed by atoms with E-state index in [1.165, 1.54) is 24.3 Å². The first kappa shape index (κ1) is 22.9. The molecule has 3 aromatic carbocycles. The van der Waals surface area contributed by atoms with E-state index in [9.17, 15) is 13.2 Å². The molecule has 0 fully saturated rings. The normalized spacial score (nSPS) is 12.1. The smallest absolute Gasteiger partial charge is 0.265 e. The van der Waals surface area contributed by atoms with Gasteiger partial charge in [0.1, 0.15) is 5.75 Å². The number of amides is 1. The van der Waals surface area contributed by atoms with E-state index in [-0.39, 0.29) is 10.8 Å². The maximum Gasteiger partial charge on any atom is 0.265 e. The highest BCUT2D eigenvalue weighted by atomic mass is 35.5. The predicted molar refractivity (Wildman–Crippen MR) is 124 cm³/mol. The van der Waals surface area contributed by atoms with E-state index in [2.05, 4.69) is 10.0 Å². The lowest BCUT2D eigenvalue weighted by atomic mass is 10.2. The summed E-state index contributed by atoms with van der Waals surface area (Å²) >= 11 is 11.9. The van der Waals surface area contributed by atoms with Crippen LogP contribution in [0.4, 0.5) is 11.4 Å². The highest BCUT2D eigenvalue weighted by Gasteiger charge is 2.18. The molecule has 0 saturated heterocycles. The summed E-state index contributed by atoms with van der Waals surface area (Å²) < 4.78 is 33.4. The van der Waals surface area contributed by atoms with Crippen LogP contribution in [0.1, 0.15) is 12.5 Å². The first-order chi connectivity index (χ1) is 14.6. The van der Waals surface area contributed by atoms with E-state index in [1.807, 2.05) is 0 Å². The molecule has 2 N–H and O–H groups in total. The third-order valence-electron chi connectivity index (χ3n) is 4.35. The average Bonchev–Trinajstić information content (AvgIpc) is 2.71. The van der Waals surface area contributed by atoms with Gasteiger partial charge >= 0.3 is 0 Å². The summed E-state index contributed by atoms with van der Waals surface area (Å²) in [5.74, 6) is 0.0854. The molecule has 0 radical (unpaired) electrons. The fourth-order valence-corrected chi connectivity index (χ4v) is 4.14. The molecule has 0 heterocycles. The van der Waals surface area contributed by atoms with E-state index in [0.717, 1.165) is 5.56 Å². The van der Waals surface area contributed by atoms with Gasteiger partial charge in [-0.15, -0.1) is 0 Å². The van der Waals surface area contributed by atoms with Gasteiger partial charge in [-0.3, -0.25) is 9.52 Å². The monoisotopic (exact) mass is 478 g/mol. The Hall–Kier alpha value is -2.74. The molecular weight excluding hydrogens is 459 g/mol. The van der Waals surface area contributed by atoms with Crippen molar-refractivity contribution in [2.45, 2.75) is 24.8 Å². The van der Waals surface area contributed by atoms with Crippen LogP contribution in [0.25, 0.3) is 0 Å². The van der Waals surface area contributed by atoms with Gasteiger partial charge in [-0.2, -0.15) is 0 Å². The fourth-order valence-electron chi connectivity index (χ4n) is 2.67. The Morgan fingerprint density at radius 3 is 2.32 bits per heavy atom. The lowest BCUT2D eigenvalue weighted by Gasteiger charge is -2.15. The summed E-state index contributed by atoms with van der Waals surface area (Å²) in [6.45, 7) is 3.38. The molecule has 0 saturated carbocycles. The minimum atomic E-state index is -3.82. The van der Waals surface area contributed by atoms with E-state index in [4.69, 9.17) is 27.9 Å². The van der Waals surface area contributed by atoms with Crippen molar-refractivity contribution in [3.8, 4) is 5.75 Å². The maximum atomic E-state index is 12.7. The molecule has 0 unspecified atom stereocenters. The second kappa shape index (κ2) is 9.60. The number of carbonyl (C=O) groups is 1. The van der Waals surface area contributed by atoms with E-state index < -0.39 is 16.1 Å². The van der Waals surface area contributed by atoms with Gasteiger partial charge in [-0.05, 0) is 74.0 Å². The Labute approximate surface area is 191 Å². The molecule has 3 aromatic rings. The lowest BCUT2D eigenvalue weighted by molar-refractivity contribution is -0.122. The van der Waals surface area contributed by atoms with Crippen LogP contribution in [0.15, 0.2) is 71.6 Å². The Kier molecular flexibility index (Phi) is 7.10. The fraction of sp³-hybridized carbons (Fsp3) is 0.136.